The van der Waals surface area contributed by atoms with E-state index in [0.29, 0.717) is 24.5 Å². The summed E-state index contributed by atoms with van der Waals surface area (Å²) < 4.78 is 22.2. The van der Waals surface area contributed by atoms with Gasteiger partial charge >= 0.3 is 11.9 Å². The molecule has 0 atom stereocenters. The predicted molar refractivity (Wildman–Crippen MR) is 214 cm³/mol. The van der Waals surface area contributed by atoms with Crippen LogP contribution in [0, 0.1) is 0 Å². The number of hydrogen-bond donors (Lipinski definition) is 0. The standard InChI is InChI=1S/C45H68O8/c1-3-5-7-9-11-13-15-17-19-21-23-26-44(48)52-42-35-31-39(29-33-40(42)46)51-37-25-27-45(49)53-43-34-30-38(28-32-41(43)47)50-36-24-22-20-18-16-14-12-10-8-6-4-2/h28-35H,3-27,36-37H2,1-2H3. The van der Waals surface area contributed by atoms with Crippen LogP contribution in [-0.4, -0.2) is 25.2 Å². The minimum Gasteiger partial charge on any atom is -0.494 e. The highest BCUT2D eigenvalue weighted by Crippen LogP contribution is 2.17. The van der Waals surface area contributed by atoms with Crippen LogP contribution in [0.15, 0.2) is 58.1 Å². The van der Waals surface area contributed by atoms with Crippen LogP contribution in [0.2, 0.25) is 0 Å². The number of carbonyl (C=O) groups excluding carboxylic acids is 2. The third-order valence-corrected chi connectivity index (χ3v) is 9.32. The van der Waals surface area contributed by atoms with Crippen LogP contribution < -0.4 is 29.8 Å². The monoisotopic (exact) mass is 736 g/mol. The molecule has 0 aromatic heterocycles. The second kappa shape index (κ2) is 30.7. The molecule has 0 amide bonds. The molecule has 2 aromatic rings. The van der Waals surface area contributed by atoms with Gasteiger partial charge in [0.15, 0.2) is 11.5 Å². The highest BCUT2D eigenvalue weighted by atomic mass is 16.5. The number of esters is 2. The molecule has 0 spiro atoms. The Hall–Kier alpha value is -3.68. The van der Waals surface area contributed by atoms with Crippen molar-refractivity contribution in [2.24, 2.45) is 0 Å². The lowest BCUT2D eigenvalue weighted by atomic mass is 10.1. The number of unbranched alkanes of at least 4 members (excludes halogenated alkanes) is 20. The maximum Gasteiger partial charge on any atom is 0.311 e. The lowest BCUT2D eigenvalue weighted by Gasteiger charge is -2.05. The topological polar surface area (TPSA) is 105 Å². The molecule has 0 bridgehead atoms. The molecular formula is C45H68O8. The summed E-state index contributed by atoms with van der Waals surface area (Å²) in [7, 11) is 0. The molecule has 0 radical (unpaired) electrons. The summed E-state index contributed by atoms with van der Waals surface area (Å²) >= 11 is 0. The van der Waals surface area contributed by atoms with Gasteiger partial charge in [0.25, 0.3) is 0 Å². The van der Waals surface area contributed by atoms with Gasteiger partial charge in [0.05, 0.1) is 13.2 Å². The van der Waals surface area contributed by atoms with Crippen LogP contribution in [0.25, 0.3) is 0 Å². The first-order chi connectivity index (χ1) is 25.9. The maximum atomic E-state index is 12.5. The third kappa shape index (κ3) is 23.6. The summed E-state index contributed by atoms with van der Waals surface area (Å²) in [6.45, 7) is 5.24. The molecule has 0 saturated heterocycles. The Labute approximate surface area is 319 Å². The Morgan fingerprint density at radius 3 is 1.13 bits per heavy atom. The molecule has 0 aliphatic carbocycles. The van der Waals surface area contributed by atoms with E-state index in [1.54, 1.807) is 18.2 Å². The zero-order chi connectivity index (χ0) is 38.2. The Morgan fingerprint density at radius 2 is 0.717 bits per heavy atom. The van der Waals surface area contributed by atoms with E-state index < -0.39 is 22.8 Å². The van der Waals surface area contributed by atoms with Crippen LogP contribution in [0.4, 0.5) is 0 Å². The molecule has 8 nitrogen and oxygen atoms in total. The smallest absolute Gasteiger partial charge is 0.311 e. The Bertz CT molecular complexity index is 1390. The molecule has 0 aliphatic heterocycles. The van der Waals surface area contributed by atoms with E-state index >= 15 is 0 Å². The number of hydrogen-bond acceptors (Lipinski definition) is 8. The van der Waals surface area contributed by atoms with E-state index in [1.165, 1.54) is 139 Å². The quantitative estimate of drug-likeness (QED) is 0.0540. The van der Waals surface area contributed by atoms with Gasteiger partial charge in [-0.25, -0.2) is 0 Å². The summed E-state index contributed by atoms with van der Waals surface area (Å²) in [4.78, 5) is 49.7. The largest absolute Gasteiger partial charge is 0.494 e. The van der Waals surface area contributed by atoms with Gasteiger partial charge in [-0.1, -0.05) is 142 Å². The summed E-state index contributed by atoms with van der Waals surface area (Å²) in [6, 6.07) is 11.9. The highest BCUT2D eigenvalue weighted by molar-refractivity contribution is 5.72. The predicted octanol–water partition coefficient (Wildman–Crippen LogP) is 11.5. The minimum absolute atomic E-state index is 0.0357. The number of ether oxygens (including phenoxy) is 4. The van der Waals surface area contributed by atoms with Gasteiger partial charge in [-0.05, 0) is 67.8 Å². The van der Waals surface area contributed by atoms with E-state index in [2.05, 4.69) is 13.8 Å². The molecule has 0 N–H and O–H groups in total. The van der Waals surface area contributed by atoms with Crippen molar-refractivity contribution in [3.8, 4) is 23.0 Å². The highest BCUT2D eigenvalue weighted by Gasteiger charge is 2.10. The molecule has 0 aliphatic rings. The van der Waals surface area contributed by atoms with Crippen molar-refractivity contribution in [1.82, 2.24) is 0 Å². The average molecular weight is 737 g/mol. The maximum absolute atomic E-state index is 12.5. The van der Waals surface area contributed by atoms with Gasteiger partial charge in [-0.3, -0.25) is 19.2 Å². The normalized spacial score (nSPS) is 10.9. The summed E-state index contributed by atoms with van der Waals surface area (Å²) in [6.07, 6.45) is 27.7. The van der Waals surface area contributed by atoms with Crippen LogP contribution in [0.1, 0.15) is 174 Å². The van der Waals surface area contributed by atoms with E-state index in [0.717, 1.165) is 32.1 Å². The molecule has 296 valence electrons. The van der Waals surface area contributed by atoms with Crippen molar-refractivity contribution in [3.05, 3.63) is 69.0 Å². The van der Waals surface area contributed by atoms with Crippen molar-refractivity contribution >= 4 is 11.9 Å². The molecule has 8 heteroatoms. The van der Waals surface area contributed by atoms with Crippen LogP contribution in [0.5, 0.6) is 23.0 Å². The molecule has 2 rings (SSSR count). The van der Waals surface area contributed by atoms with Crippen molar-refractivity contribution in [2.45, 2.75) is 174 Å². The van der Waals surface area contributed by atoms with E-state index in [4.69, 9.17) is 18.9 Å². The van der Waals surface area contributed by atoms with Crippen molar-refractivity contribution in [1.29, 1.82) is 0 Å². The molecule has 2 aromatic carbocycles. The van der Waals surface area contributed by atoms with Crippen LogP contribution in [-0.2, 0) is 9.59 Å². The number of carbonyl (C=O) groups is 2. The second-order valence-corrected chi connectivity index (χ2v) is 14.2. The Morgan fingerprint density at radius 1 is 0.396 bits per heavy atom. The fraction of sp³-hybridized carbons (Fsp3) is 0.644. The van der Waals surface area contributed by atoms with Gasteiger partial charge in [-0.15, -0.1) is 0 Å². The Balaban J connectivity index is 1.61. The SMILES string of the molecule is CCCCCCCCCCCCCOc1ccc(OC(=O)CCCOc2ccc(OC(=O)CCCCCCCCCCCCC)c(=O)cc2)c(=O)cc1. The first kappa shape index (κ1) is 45.5. The van der Waals surface area contributed by atoms with Gasteiger partial charge in [0.1, 0.15) is 11.5 Å². The average Bonchev–Trinajstić information content (AvgIpc) is 3.43. The van der Waals surface area contributed by atoms with Crippen molar-refractivity contribution in [3.63, 3.8) is 0 Å². The first-order valence-corrected chi connectivity index (χ1v) is 20.9. The zero-order valence-electron chi connectivity index (χ0n) is 33.0. The van der Waals surface area contributed by atoms with Gasteiger partial charge in [0.2, 0.25) is 10.9 Å². The molecular weight excluding hydrogens is 668 g/mol. The van der Waals surface area contributed by atoms with Crippen molar-refractivity contribution < 1.29 is 28.5 Å². The fourth-order valence-corrected chi connectivity index (χ4v) is 6.08. The molecule has 0 unspecified atom stereocenters. The molecule has 0 saturated carbocycles. The first-order valence-electron chi connectivity index (χ1n) is 20.9. The lowest BCUT2D eigenvalue weighted by molar-refractivity contribution is -0.135. The summed E-state index contributed by atoms with van der Waals surface area (Å²) in [5.74, 6) is -0.0903. The van der Waals surface area contributed by atoms with Crippen LogP contribution >= 0.6 is 0 Å². The Kier molecular flexibility index (Phi) is 26.4. The summed E-state index contributed by atoms with van der Waals surface area (Å²) in [5, 5.41) is 0. The zero-order valence-corrected chi connectivity index (χ0v) is 33.0. The third-order valence-electron chi connectivity index (χ3n) is 9.32. The molecule has 53 heavy (non-hydrogen) atoms. The minimum atomic E-state index is -0.548. The van der Waals surface area contributed by atoms with Crippen molar-refractivity contribution in [2.75, 3.05) is 13.2 Å². The van der Waals surface area contributed by atoms with Gasteiger partial charge in [0, 0.05) is 12.8 Å². The van der Waals surface area contributed by atoms with E-state index in [-0.39, 0.29) is 30.9 Å². The van der Waals surface area contributed by atoms with Gasteiger partial charge in [-0.2, -0.15) is 0 Å². The lowest BCUT2D eigenvalue weighted by Crippen LogP contribution is -2.13. The summed E-state index contributed by atoms with van der Waals surface area (Å²) in [5.41, 5.74) is -0.817. The second-order valence-electron chi connectivity index (χ2n) is 14.2. The van der Waals surface area contributed by atoms with Gasteiger partial charge < -0.3 is 18.9 Å². The number of rotatable bonds is 32. The molecule has 0 fully saturated rings. The van der Waals surface area contributed by atoms with Crippen LogP contribution in [0.3, 0.4) is 0 Å². The molecule has 0 heterocycles. The van der Waals surface area contributed by atoms with E-state index in [1.807, 2.05) is 0 Å². The van der Waals surface area contributed by atoms with E-state index in [9.17, 15) is 19.2 Å². The fourth-order valence-electron chi connectivity index (χ4n) is 6.08.